The average Bonchev–Trinajstić information content (AvgIpc) is 2.76. The maximum Gasteiger partial charge on any atom is 0.273 e. The Kier molecular flexibility index (Phi) is 7.29. The van der Waals surface area contributed by atoms with E-state index in [0.717, 1.165) is 16.8 Å². The highest BCUT2D eigenvalue weighted by atomic mass is 35.5. The molecule has 0 saturated carbocycles. The number of nitrogens with one attached hydrogen (secondary N) is 3. The maximum atomic E-state index is 12.5. The van der Waals surface area contributed by atoms with Crippen LogP contribution in [0.15, 0.2) is 72.8 Å². The summed E-state index contributed by atoms with van der Waals surface area (Å²) < 4.78 is 5.78. The molecule has 0 fully saturated rings. The van der Waals surface area contributed by atoms with Gasteiger partial charge in [0.25, 0.3) is 11.8 Å². The van der Waals surface area contributed by atoms with Crippen LogP contribution in [-0.2, 0) is 11.4 Å². The van der Waals surface area contributed by atoms with Crippen molar-refractivity contribution in [2.75, 3.05) is 11.9 Å². The van der Waals surface area contributed by atoms with Crippen molar-refractivity contribution in [1.82, 2.24) is 10.9 Å². The lowest BCUT2D eigenvalue weighted by Gasteiger charge is -2.13. The first-order chi connectivity index (χ1) is 14.5. The third kappa shape index (κ3) is 5.99. The fraction of sp³-hybridized carbons (Fsp3) is 0.130. The molecule has 6 nitrogen and oxygen atoms in total. The number of aryl methyl sites for hydroxylation is 1. The number of hydrogen-bond acceptors (Lipinski definition) is 4. The summed E-state index contributed by atoms with van der Waals surface area (Å²) in [7, 11) is 0. The predicted octanol–water partition coefficient (Wildman–Crippen LogP) is 4.10. The number of ether oxygens (including phenoxy) is 1. The SMILES string of the molecule is Cc1ccc(NCC(=O)NNC(=O)c2ccccc2OCc2ccccc2Cl)cc1. The second-order valence-electron chi connectivity index (χ2n) is 6.60. The third-order valence-electron chi connectivity index (χ3n) is 4.29. The fourth-order valence-electron chi connectivity index (χ4n) is 2.64. The number of para-hydroxylation sites is 1. The van der Waals surface area contributed by atoms with Gasteiger partial charge in [-0.25, -0.2) is 0 Å². The van der Waals surface area contributed by atoms with Crippen molar-refractivity contribution in [3.8, 4) is 5.75 Å². The number of rotatable bonds is 7. The smallest absolute Gasteiger partial charge is 0.273 e. The molecule has 3 aromatic carbocycles. The molecule has 30 heavy (non-hydrogen) atoms. The molecule has 0 radical (unpaired) electrons. The molecule has 0 unspecified atom stereocenters. The number of carbonyl (C=O) groups is 2. The number of anilines is 1. The van der Waals surface area contributed by atoms with Crippen LogP contribution in [0.3, 0.4) is 0 Å². The quantitative estimate of drug-likeness (QED) is 0.500. The molecule has 3 aromatic rings. The summed E-state index contributed by atoms with van der Waals surface area (Å²) in [5.74, 6) is -0.464. The van der Waals surface area contributed by atoms with Crippen LogP contribution in [0, 0.1) is 6.92 Å². The molecule has 0 aliphatic rings. The van der Waals surface area contributed by atoms with Crippen LogP contribution in [0.4, 0.5) is 5.69 Å². The summed E-state index contributed by atoms with van der Waals surface area (Å²) in [6.45, 7) is 2.23. The molecule has 0 aromatic heterocycles. The van der Waals surface area contributed by atoms with Crippen molar-refractivity contribution in [2.45, 2.75) is 13.5 Å². The van der Waals surface area contributed by atoms with E-state index in [0.29, 0.717) is 16.3 Å². The summed E-state index contributed by atoms with van der Waals surface area (Å²) in [5.41, 5.74) is 7.87. The van der Waals surface area contributed by atoms with Crippen LogP contribution in [0.25, 0.3) is 0 Å². The van der Waals surface area contributed by atoms with Gasteiger partial charge in [-0.15, -0.1) is 0 Å². The topological polar surface area (TPSA) is 79.5 Å². The second kappa shape index (κ2) is 10.3. The monoisotopic (exact) mass is 423 g/mol. The van der Waals surface area contributed by atoms with Crippen LogP contribution in [0.1, 0.15) is 21.5 Å². The maximum absolute atomic E-state index is 12.5. The molecular formula is C23H22ClN3O3. The highest BCUT2D eigenvalue weighted by Crippen LogP contribution is 2.21. The molecular weight excluding hydrogens is 402 g/mol. The van der Waals surface area contributed by atoms with Gasteiger partial charge in [-0.3, -0.25) is 20.4 Å². The molecule has 0 saturated heterocycles. The summed E-state index contributed by atoms with van der Waals surface area (Å²) in [5, 5.41) is 3.58. The van der Waals surface area contributed by atoms with Crippen molar-refractivity contribution in [3.05, 3.63) is 94.5 Å². The van der Waals surface area contributed by atoms with Crippen molar-refractivity contribution in [3.63, 3.8) is 0 Å². The first-order valence-corrected chi connectivity index (χ1v) is 9.75. The average molecular weight is 424 g/mol. The molecule has 0 aliphatic carbocycles. The van der Waals surface area contributed by atoms with Gasteiger partial charge in [0.15, 0.2) is 0 Å². The van der Waals surface area contributed by atoms with Gasteiger partial charge in [0, 0.05) is 16.3 Å². The summed E-state index contributed by atoms with van der Waals surface area (Å²) in [6.07, 6.45) is 0. The lowest BCUT2D eigenvalue weighted by molar-refractivity contribution is -0.120. The minimum absolute atomic E-state index is 0.0218. The Bertz CT molecular complexity index is 1020. The van der Waals surface area contributed by atoms with E-state index in [1.165, 1.54) is 0 Å². The molecule has 0 bridgehead atoms. The largest absolute Gasteiger partial charge is 0.488 e. The Balaban J connectivity index is 1.53. The van der Waals surface area contributed by atoms with Gasteiger partial charge < -0.3 is 10.1 Å². The lowest BCUT2D eigenvalue weighted by Crippen LogP contribution is -2.44. The number of carbonyl (C=O) groups excluding carboxylic acids is 2. The molecule has 0 aliphatic heterocycles. The lowest BCUT2D eigenvalue weighted by atomic mass is 10.2. The molecule has 0 heterocycles. The minimum atomic E-state index is -0.478. The van der Waals surface area contributed by atoms with E-state index in [2.05, 4.69) is 16.2 Å². The van der Waals surface area contributed by atoms with Gasteiger partial charge in [0.05, 0.1) is 12.1 Å². The van der Waals surface area contributed by atoms with E-state index in [-0.39, 0.29) is 19.1 Å². The zero-order chi connectivity index (χ0) is 21.3. The van der Waals surface area contributed by atoms with E-state index in [1.807, 2.05) is 49.4 Å². The molecule has 0 spiro atoms. The summed E-state index contributed by atoms with van der Waals surface area (Å²) >= 11 is 6.15. The Morgan fingerprint density at radius 2 is 1.60 bits per heavy atom. The normalized spacial score (nSPS) is 10.2. The van der Waals surface area contributed by atoms with Gasteiger partial charge in [0.2, 0.25) is 0 Å². The molecule has 7 heteroatoms. The van der Waals surface area contributed by atoms with E-state index in [1.54, 1.807) is 30.3 Å². The Morgan fingerprint density at radius 1 is 0.900 bits per heavy atom. The highest BCUT2D eigenvalue weighted by molar-refractivity contribution is 6.31. The molecule has 3 rings (SSSR count). The van der Waals surface area contributed by atoms with E-state index in [4.69, 9.17) is 16.3 Å². The number of amides is 2. The minimum Gasteiger partial charge on any atom is -0.488 e. The van der Waals surface area contributed by atoms with E-state index >= 15 is 0 Å². The first kappa shape index (κ1) is 21.2. The Hall–Kier alpha value is -3.51. The second-order valence-corrected chi connectivity index (χ2v) is 7.01. The number of hydrogen-bond donors (Lipinski definition) is 3. The van der Waals surface area contributed by atoms with Crippen LogP contribution < -0.4 is 20.9 Å². The number of benzene rings is 3. The van der Waals surface area contributed by atoms with E-state index in [9.17, 15) is 9.59 Å². The van der Waals surface area contributed by atoms with Crippen LogP contribution in [0.5, 0.6) is 5.75 Å². The van der Waals surface area contributed by atoms with Crippen molar-refractivity contribution < 1.29 is 14.3 Å². The third-order valence-corrected chi connectivity index (χ3v) is 4.66. The van der Waals surface area contributed by atoms with Crippen LogP contribution in [0.2, 0.25) is 5.02 Å². The van der Waals surface area contributed by atoms with Gasteiger partial charge in [-0.2, -0.15) is 0 Å². The Labute approximate surface area is 180 Å². The molecule has 0 atom stereocenters. The van der Waals surface area contributed by atoms with Crippen molar-refractivity contribution in [2.24, 2.45) is 0 Å². The molecule has 2 amide bonds. The van der Waals surface area contributed by atoms with Crippen molar-refractivity contribution >= 4 is 29.1 Å². The zero-order valence-corrected chi connectivity index (χ0v) is 17.2. The highest BCUT2D eigenvalue weighted by Gasteiger charge is 2.13. The van der Waals surface area contributed by atoms with Gasteiger partial charge in [0.1, 0.15) is 12.4 Å². The predicted molar refractivity (Wildman–Crippen MR) is 118 cm³/mol. The standard InChI is InChI=1S/C23H22ClN3O3/c1-16-10-12-18(13-11-16)25-14-22(28)26-27-23(29)19-7-3-5-9-21(19)30-15-17-6-2-4-8-20(17)24/h2-13,25H,14-15H2,1H3,(H,26,28)(H,27,29). The summed E-state index contributed by atoms with van der Waals surface area (Å²) in [6, 6.07) is 21.8. The zero-order valence-electron chi connectivity index (χ0n) is 16.4. The molecule has 3 N–H and O–H groups in total. The number of hydrazine groups is 1. The number of halogens is 1. The van der Waals surface area contributed by atoms with Crippen molar-refractivity contribution in [1.29, 1.82) is 0 Å². The Morgan fingerprint density at radius 3 is 2.37 bits per heavy atom. The van der Waals surface area contributed by atoms with E-state index < -0.39 is 5.91 Å². The van der Waals surface area contributed by atoms with Gasteiger partial charge in [-0.1, -0.05) is 59.6 Å². The van der Waals surface area contributed by atoms with Gasteiger partial charge >= 0.3 is 0 Å². The van der Waals surface area contributed by atoms with Crippen LogP contribution >= 0.6 is 11.6 Å². The summed E-state index contributed by atoms with van der Waals surface area (Å²) in [4.78, 5) is 24.5. The van der Waals surface area contributed by atoms with Gasteiger partial charge in [-0.05, 0) is 37.3 Å². The molecule has 154 valence electrons. The fourth-order valence-corrected chi connectivity index (χ4v) is 2.83. The van der Waals surface area contributed by atoms with Crippen LogP contribution in [-0.4, -0.2) is 18.4 Å². The first-order valence-electron chi connectivity index (χ1n) is 9.38.